The van der Waals surface area contributed by atoms with E-state index in [1.54, 1.807) is 18.4 Å². The highest BCUT2D eigenvalue weighted by Gasteiger charge is 2.18. The fraction of sp³-hybridized carbons (Fsp3) is 0.667. The van der Waals surface area contributed by atoms with Crippen molar-refractivity contribution in [2.24, 2.45) is 17.8 Å². The second-order valence-electron chi connectivity index (χ2n) is 5.91. The Morgan fingerprint density at radius 1 is 1.30 bits per heavy atom. The van der Waals surface area contributed by atoms with E-state index in [4.69, 9.17) is 4.74 Å². The largest absolute Gasteiger partial charge is 0.480 e. The minimum atomic E-state index is 0.687. The van der Waals surface area contributed by atoms with E-state index in [9.17, 15) is 0 Å². The van der Waals surface area contributed by atoms with Crippen LogP contribution >= 0.6 is 11.3 Å². The van der Waals surface area contributed by atoms with Crippen molar-refractivity contribution in [3.63, 3.8) is 0 Å². The molecule has 0 atom stereocenters. The minimum absolute atomic E-state index is 0.687. The summed E-state index contributed by atoms with van der Waals surface area (Å²) in [7, 11) is 1.68. The lowest BCUT2D eigenvalue weighted by Gasteiger charge is -2.25. The lowest BCUT2D eigenvalue weighted by molar-refractivity contribution is 0.274. The van der Waals surface area contributed by atoms with Crippen molar-refractivity contribution < 1.29 is 4.74 Å². The van der Waals surface area contributed by atoms with Crippen LogP contribution in [-0.2, 0) is 6.54 Å². The van der Waals surface area contributed by atoms with Gasteiger partial charge in [0.05, 0.1) is 7.11 Å². The number of fused-ring (bicyclic) bond motifs is 1. The molecule has 0 spiro atoms. The molecule has 0 saturated heterocycles. The molecule has 0 aliphatic carbocycles. The van der Waals surface area contributed by atoms with E-state index >= 15 is 0 Å². The van der Waals surface area contributed by atoms with E-state index < -0.39 is 0 Å². The van der Waals surface area contributed by atoms with Gasteiger partial charge in [-0.1, -0.05) is 27.7 Å². The van der Waals surface area contributed by atoms with Gasteiger partial charge in [0.2, 0.25) is 5.88 Å². The summed E-state index contributed by atoms with van der Waals surface area (Å²) in [6.07, 6.45) is 2.05. The predicted octanol–water partition coefficient (Wildman–Crippen LogP) is 3.42. The van der Waals surface area contributed by atoms with E-state index in [1.807, 2.05) is 0 Å². The number of hydrogen-bond acceptors (Lipinski definition) is 4. The highest BCUT2D eigenvalue weighted by Crippen LogP contribution is 2.24. The van der Waals surface area contributed by atoms with Crippen LogP contribution in [0, 0.1) is 17.8 Å². The van der Waals surface area contributed by atoms with E-state index in [1.165, 1.54) is 0 Å². The number of imidazole rings is 1. The molecule has 2 aromatic heterocycles. The second kappa shape index (κ2) is 6.59. The van der Waals surface area contributed by atoms with Gasteiger partial charge >= 0.3 is 0 Å². The van der Waals surface area contributed by atoms with Crippen molar-refractivity contribution in [3.8, 4) is 5.88 Å². The van der Waals surface area contributed by atoms with Crippen molar-refractivity contribution in [2.75, 3.05) is 13.7 Å². The Balaban J connectivity index is 2.03. The maximum absolute atomic E-state index is 5.38. The van der Waals surface area contributed by atoms with E-state index in [0.717, 1.165) is 29.6 Å². The molecule has 1 N–H and O–H groups in total. The third kappa shape index (κ3) is 3.15. The van der Waals surface area contributed by atoms with Gasteiger partial charge in [0.1, 0.15) is 5.69 Å². The van der Waals surface area contributed by atoms with Gasteiger partial charge in [0.15, 0.2) is 4.96 Å². The Morgan fingerprint density at radius 3 is 2.60 bits per heavy atom. The van der Waals surface area contributed by atoms with Gasteiger partial charge in [-0.25, -0.2) is 0 Å². The van der Waals surface area contributed by atoms with Crippen LogP contribution in [0.25, 0.3) is 4.96 Å². The molecular weight excluding hydrogens is 270 g/mol. The first-order chi connectivity index (χ1) is 9.54. The monoisotopic (exact) mass is 295 g/mol. The fourth-order valence-electron chi connectivity index (χ4n) is 2.74. The molecule has 0 saturated carbocycles. The first kappa shape index (κ1) is 15.3. The number of nitrogens with one attached hydrogen (secondary N) is 1. The summed E-state index contributed by atoms with van der Waals surface area (Å²) < 4.78 is 7.48. The van der Waals surface area contributed by atoms with Crippen LogP contribution in [0.5, 0.6) is 5.88 Å². The maximum atomic E-state index is 5.38. The number of hydrogen-bond donors (Lipinski definition) is 1. The van der Waals surface area contributed by atoms with Gasteiger partial charge in [-0.05, 0) is 24.3 Å². The molecule has 20 heavy (non-hydrogen) atoms. The molecule has 0 fully saturated rings. The van der Waals surface area contributed by atoms with E-state index in [-0.39, 0.29) is 0 Å². The first-order valence-corrected chi connectivity index (χ1v) is 8.11. The second-order valence-corrected chi connectivity index (χ2v) is 6.78. The summed E-state index contributed by atoms with van der Waals surface area (Å²) in [5.74, 6) is 2.80. The summed E-state index contributed by atoms with van der Waals surface area (Å²) >= 11 is 1.63. The summed E-state index contributed by atoms with van der Waals surface area (Å²) in [6, 6.07) is 0. The van der Waals surface area contributed by atoms with Crippen LogP contribution in [0.15, 0.2) is 11.6 Å². The van der Waals surface area contributed by atoms with Crippen LogP contribution in [0.4, 0.5) is 0 Å². The lowest BCUT2D eigenvalue weighted by Crippen LogP contribution is -2.29. The number of aromatic nitrogens is 2. The molecule has 0 aliphatic heterocycles. The molecule has 0 bridgehead atoms. The van der Waals surface area contributed by atoms with Crippen molar-refractivity contribution >= 4 is 16.3 Å². The topological polar surface area (TPSA) is 38.6 Å². The number of rotatable bonds is 7. The normalized spacial score (nSPS) is 12.2. The van der Waals surface area contributed by atoms with Gasteiger partial charge in [-0.3, -0.25) is 4.40 Å². The standard InChI is InChI=1S/C15H25N3OS/c1-10(2)12(11(3)4)8-16-9-13-14(19-5)17-15-18(13)6-7-20-15/h6-7,10-12,16H,8-9H2,1-5H3. The van der Waals surface area contributed by atoms with Crippen molar-refractivity contribution in [3.05, 3.63) is 17.3 Å². The number of ether oxygens (including phenoxy) is 1. The third-order valence-corrected chi connectivity index (χ3v) is 4.66. The average molecular weight is 295 g/mol. The zero-order valence-corrected chi connectivity index (χ0v) is 13.8. The lowest BCUT2D eigenvalue weighted by atomic mass is 9.85. The molecule has 0 radical (unpaired) electrons. The zero-order chi connectivity index (χ0) is 14.7. The number of thiazole rings is 1. The Bertz CT molecular complexity index is 536. The van der Waals surface area contributed by atoms with Gasteiger partial charge in [0, 0.05) is 18.1 Å². The van der Waals surface area contributed by atoms with Gasteiger partial charge < -0.3 is 10.1 Å². The Kier molecular flexibility index (Phi) is 5.05. The summed E-state index contributed by atoms with van der Waals surface area (Å²) in [5, 5.41) is 5.62. The Hall–Kier alpha value is -1.07. The number of nitrogens with zero attached hydrogens (tertiary/aromatic N) is 2. The molecule has 112 valence electrons. The van der Waals surface area contributed by atoms with E-state index in [0.29, 0.717) is 17.8 Å². The van der Waals surface area contributed by atoms with Crippen LogP contribution in [0.2, 0.25) is 0 Å². The van der Waals surface area contributed by atoms with Crippen LogP contribution in [0.1, 0.15) is 33.4 Å². The quantitative estimate of drug-likeness (QED) is 0.850. The van der Waals surface area contributed by atoms with Crippen LogP contribution < -0.4 is 10.1 Å². The van der Waals surface area contributed by atoms with Gasteiger partial charge in [-0.2, -0.15) is 4.98 Å². The molecule has 0 aromatic carbocycles. The molecule has 2 rings (SSSR count). The molecule has 4 nitrogen and oxygen atoms in total. The van der Waals surface area contributed by atoms with Crippen LogP contribution in [0.3, 0.4) is 0 Å². The Morgan fingerprint density at radius 2 is 2.00 bits per heavy atom. The fourth-order valence-corrected chi connectivity index (χ4v) is 3.46. The SMILES string of the molecule is COc1nc2sccn2c1CNCC(C(C)C)C(C)C. The average Bonchev–Trinajstić information content (AvgIpc) is 2.94. The smallest absolute Gasteiger partial charge is 0.237 e. The zero-order valence-electron chi connectivity index (χ0n) is 13.0. The van der Waals surface area contributed by atoms with Gasteiger partial charge in [0.25, 0.3) is 0 Å². The number of methoxy groups -OCH3 is 1. The molecule has 5 heteroatoms. The molecular formula is C15H25N3OS. The summed E-state index contributed by atoms with van der Waals surface area (Å²) in [6.45, 7) is 11.0. The molecule has 0 amide bonds. The van der Waals surface area contributed by atoms with Crippen molar-refractivity contribution in [1.29, 1.82) is 0 Å². The molecule has 0 unspecified atom stereocenters. The Labute approximate surface area is 125 Å². The predicted molar refractivity (Wildman–Crippen MR) is 84.5 cm³/mol. The van der Waals surface area contributed by atoms with E-state index in [2.05, 4.69) is 54.0 Å². The maximum Gasteiger partial charge on any atom is 0.237 e. The van der Waals surface area contributed by atoms with Crippen LogP contribution in [-0.4, -0.2) is 23.0 Å². The minimum Gasteiger partial charge on any atom is -0.480 e. The molecule has 2 heterocycles. The first-order valence-electron chi connectivity index (χ1n) is 7.23. The highest BCUT2D eigenvalue weighted by molar-refractivity contribution is 7.15. The van der Waals surface area contributed by atoms with Gasteiger partial charge in [-0.15, -0.1) is 11.3 Å². The molecule has 2 aromatic rings. The van der Waals surface area contributed by atoms with Crippen molar-refractivity contribution in [2.45, 2.75) is 34.2 Å². The third-order valence-electron chi connectivity index (χ3n) is 3.90. The summed E-state index contributed by atoms with van der Waals surface area (Å²) in [4.78, 5) is 5.47. The van der Waals surface area contributed by atoms with Crippen molar-refractivity contribution in [1.82, 2.24) is 14.7 Å². The highest BCUT2D eigenvalue weighted by atomic mass is 32.1. The molecule has 0 aliphatic rings. The summed E-state index contributed by atoms with van der Waals surface area (Å²) in [5.41, 5.74) is 1.11.